The van der Waals surface area contributed by atoms with Gasteiger partial charge < -0.3 is 10.4 Å². The van der Waals surface area contributed by atoms with E-state index in [1.165, 1.54) is 5.56 Å². The molecule has 19 heavy (non-hydrogen) atoms. The summed E-state index contributed by atoms with van der Waals surface area (Å²) in [6, 6.07) is 10.2. The quantitative estimate of drug-likeness (QED) is 0.767. The topological polar surface area (TPSA) is 49.3 Å². The Kier molecular flexibility index (Phi) is 5.28. The van der Waals surface area contributed by atoms with Crippen LogP contribution in [-0.4, -0.2) is 29.9 Å². The Morgan fingerprint density at radius 3 is 2.68 bits per heavy atom. The summed E-state index contributed by atoms with van der Waals surface area (Å²) >= 11 is 1.64. The molecule has 0 unspecified atom stereocenters. The number of hydrogen-bond donors (Lipinski definition) is 2. The van der Waals surface area contributed by atoms with Crippen LogP contribution in [0.15, 0.2) is 30.3 Å². The molecule has 1 saturated carbocycles. The SMILES string of the molecule is O=C(CSCc1ccccc1)NCC1(CCO)CC1. The largest absolute Gasteiger partial charge is 0.396 e. The van der Waals surface area contributed by atoms with Crippen LogP contribution >= 0.6 is 11.8 Å². The molecular formula is C15H21NO2S. The maximum absolute atomic E-state index is 11.7. The molecule has 104 valence electrons. The van der Waals surface area contributed by atoms with Crippen LogP contribution in [0.2, 0.25) is 0 Å². The van der Waals surface area contributed by atoms with E-state index >= 15 is 0 Å². The van der Waals surface area contributed by atoms with Crippen molar-refractivity contribution in [3.05, 3.63) is 35.9 Å². The second-order valence-electron chi connectivity index (χ2n) is 5.23. The summed E-state index contributed by atoms with van der Waals surface area (Å²) in [5.41, 5.74) is 1.45. The molecule has 0 bridgehead atoms. The van der Waals surface area contributed by atoms with Gasteiger partial charge in [0.05, 0.1) is 5.75 Å². The fourth-order valence-corrected chi connectivity index (χ4v) is 2.92. The summed E-state index contributed by atoms with van der Waals surface area (Å²) in [7, 11) is 0. The first-order valence-electron chi connectivity index (χ1n) is 6.73. The zero-order valence-electron chi connectivity index (χ0n) is 11.1. The average Bonchev–Trinajstić information content (AvgIpc) is 3.19. The van der Waals surface area contributed by atoms with Crippen molar-refractivity contribution in [1.29, 1.82) is 0 Å². The molecule has 1 aliphatic carbocycles. The van der Waals surface area contributed by atoms with Gasteiger partial charge in [-0.1, -0.05) is 30.3 Å². The van der Waals surface area contributed by atoms with Crippen molar-refractivity contribution in [1.82, 2.24) is 5.32 Å². The first-order chi connectivity index (χ1) is 9.24. The van der Waals surface area contributed by atoms with E-state index in [1.54, 1.807) is 11.8 Å². The van der Waals surface area contributed by atoms with Crippen molar-refractivity contribution in [2.45, 2.75) is 25.0 Å². The number of carbonyl (C=O) groups is 1. The summed E-state index contributed by atoms with van der Waals surface area (Å²) in [5, 5.41) is 11.9. The second-order valence-corrected chi connectivity index (χ2v) is 6.21. The van der Waals surface area contributed by atoms with Crippen molar-refractivity contribution < 1.29 is 9.90 Å². The lowest BCUT2D eigenvalue weighted by Gasteiger charge is -2.14. The Morgan fingerprint density at radius 1 is 1.32 bits per heavy atom. The van der Waals surface area contributed by atoms with Gasteiger partial charge in [0.2, 0.25) is 5.91 Å². The molecule has 3 nitrogen and oxygen atoms in total. The molecule has 1 aliphatic rings. The van der Waals surface area contributed by atoms with Crippen molar-refractivity contribution in [3.8, 4) is 0 Å². The van der Waals surface area contributed by atoms with Crippen LogP contribution in [0.4, 0.5) is 0 Å². The molecular weight excluding hydrogens is 258 g/mol. The predicted octanol–water partition coefficient (Wildman–Crippen LogP) is 2.20. The van der Waals surface area contributed by atoms with Gasteiger partial charge in [0, 0.05) is 18.9 Å². The lowest BCUT2D eigenvalue weighted by atomic mass is 10.0. The van der Waals surface area contributed by atoms with Gasteiger partial charge in [-0.2, -0.15) is 0 Å². The molecule has 2 N–H and O–H groups in total. The van der Waals surface area contributed by atoms with Gasteiger partial charge in [-0.3, -0.25) is 4.79 Å². The molecule has 0 saturated heterocycles. The molecule has 2 rings (SSSR count). The van der Waals surface area contributed by atoms with Crippen LogP contribution in [0.5, 0.6) is 0 Å². The Hall–Kier alpha value is -1.00. The van der Waals surface area contributed by atoms with Crippen LogP contribution in [0.3, 0.4) is 0 Å². The smallest absolute Gasteiger partial charge is 0.230 e. The molecule has 1 aromatic carbocycles. The van der Waals surface area contributed by atoms with Crippen LogP contribution in [0.25, 0.3) is 0 Å². The van der Waals surface area contributed by atoms with Crippen LogP contribution < -0.4 is 5.32 Å². The lowest BCUT2D eigenvalue weighted by molar-refractivity contribution is -0.118. The fraction of sp³-hybridized carbons (Fsp3) is 0.533. The van der Waals surface area contributed by atoms with Gasteiger partial charge >= 0.3 is 0 Å². The van der Waals surface area contributed by atoms with E-state index < -0.39 is 0 Å². The molecule has 1 fully saturated rings. The van der Waals surface area contributed by atoms with Crippen LogP contribution in [0.1, 0.15) is 24.8 Å². The third-order valence-electron chi connectivity index (χ3n) is 3.60. The fourth-order valence-electron chi connectivity index (χ4n) is 2.10. The maximum Gasteiger partial charge on any atom is 0.230 e. The molecule has 0 radical (unpaired) electrons. The van der Waals surface area contributed by atoms with Gasteiger partial charge in [0.25, 0.3) is 0 Å². The van der Waals surface area contributed by atoms with E-state index in [0.717, 1.165) is 31.6 Å². The van der Waals surface area contributed by atoms with E-state index in [2.05, 4.69) is 17.4 Å². The normalized spacial score (nSPS) is 16.1. The molecule has 1 aromatic rings. The number of carbonyl (C=O) groups excluding carboxylic acids is 1. The first-order valence-corrected chi connectivity index (χ1v) is 7.89. The Labute approximate surface area is 118 Å². The number of rotatable bonds is 8. The molecule has 0 aliphatic heterocycles. The number of amides is 1. The Balaban J connectivity index is 1.60. The molecule has 4 heteroatoms. The maximum atomic E-state index is 11.7. The minimum Gasteiger partial charge on any atom is -0.396 e. The molecule has 0 atom stereocenters. The highest BCUT2D eigenvalue weighted by Gasteiger charge is 2.41. The summed E-state index contributed by atoms with van der Waals surface area (Å²) in [6.07, 6.45) is 3.07. The predicted molar refractivity (Wildman–Crippen MR) is 79.0 cm³/mol. The summed E-state index contributed by atoms with van der Waals surface area (Å²) in [5.74, 6) is 1.48. The van der Waals surface area contributed by atoms with E-state index in [4.69, 9.17) is 5.11 Å². The van der Waals surface area contributed by atoms with Gasteiger partial charge in [0.15, 0.2) is 0 Å². The number of nitrogens with one attached hydrogen (secondary N) is 1. The van der Waals surface area contributed by atoms with Crippen molar-refractivity contribution in [2.24, 2.45) is 5.41 Å². The number of aliphatic hydroxyl groups excluding tert-OH is 1. The average molecular weight is 279 g/mol. The van der Waals surface area contributed by atoms with Crippen molar-refractivity contribution >= 4 is 17.7 Å². The molecule has 0 heterocycles. The summed E-state index contributed by atoms with van der Waals surface area (Å²) in [4.78, 5) is 11.7. The number of aliphatic hydroxyl groups is 1. The highest BCUT2D eigenvalue weighted by Crippen LogP contribution is 2.47. The van der Waals surface area contributed by atoms with Gasteiger partial charge in [0.1, 0.15) is 0 Å². The first kappa shape index (κ1) is 14.4. The zero-order valence-corrected chi connectivity index (χ0v) is 11.9. The number of thioether (sulfide) groups is 1. The number of benzene rings is 1. The Morgan fingerprint density at radius 2 is 2.05 bits per heavy atom. The third-order valence-corrected chi connectivity index (χ3v) is 4.61. The molecule has 1 amide bonds. The summed E-state index contributed by atoms with van der Waals surface area (Å²) < 4.78 is 0. The number of hydrogen-bond acceptors (Lipinski definition) is 3. The minimum absolute atomic E-state index is 0.102. The van der Waals surface area contributed by atoms with Crippen molar-refractivity contribution in [3.63, 3.8) is 0 Å². The zero-order chi connectivity index (χ0) is 13.6. The molecule has 0 spiro atoms. The monoisotopic (exact) mass is 279 g/mol. The second kappa shape index (κ2) is 6.96. The third kappa shape index (κ3) is 4.88. The van der Waals surface area contributed by atoms with Gasteiger partial charge in [-0.15, -0.1) is 11.8 Å². The van der Waals surface area contributed by atoms with Crippen molar-refractivity contribution in [2.75, 3.05) is 18.9 Å². The van der Waals surface area contributed by atoms with Crippen LogP contribution in [0, 0.1) is 5.41 Å². The highest BCUT2D eigenvalue weighted by atomic mass is 32.2. The highest BCUT2D eigenvalue weighted by molar-refractivity contribution is 7.99. The standard InChI is InChI=1S/C15H21NO2S/c17-9-8-15(6-7-15)12-16-14(18)11-19-10-13-4-2-1-3-5-13/h1-5,17H,6-12H2,(H,16,18). The van der Waals surface area contributed by atoms with Gasteiger partial charge in [-0.25, -0.2) is 0 Å². The molecule has 0 aromatic heterocycles. The van der Waals surface area contributed by atoms with E-state index in [1.807, 2.05) is 18.2 Å². The van der Waals surface area contributed by atoms with Crippen LogP contribution in [-0.2, 0) is 10.5 Å². The Bertz CT molecular complexity index is 404. The summed E-state index contributed by atoms with van der Waals surface area (Å²) in [6.45, 7) is 0.941. The van der Waals surface area contributed by atoms with E-state index in [9.17, 15) is 4.79 Å². The van der Waals surface area contributed by atoms with Gasteiger partial charge in [-0.05, 0) is 30.2 Å². The minimum atomic E-state index is 0.102. The lowest BCUT2D eigenvalue weighted by Crippen LogP contribution is -2.31. The van der Waals surface area contributed by atoms with E-state index in [-0.39, 0.29) is 17.9 Å². The van der Waals surface area contributed by atoms with E-state index in [0.29, 0.717) is 5.75 Å².